The Balaban J connectivity index is 1.60. The SMILES string of the molecule is c1ccc(-c2ccc(N(c3ccccc3)c3ccccc3)c3oc4cc5ccccc5cc4c23)cc1. The van der Waals surface area contributed by atoms with E-state index in [1.165, 1.54) is 21.9 Å². The van der Waals surface area contributed by atoms with Crippen molar-refractivity contribution in [2.24, 2.45) is 0 Å². The third kappa shape index (κ3) is 3.35. The number of nitrogens with zero attached hydrogens (tertiary/aromatic N) is 1. The van der Waals surface area contributed by atoms with Gasteiger partial charge in [-0.15, -0.1) is 0 Å². The number of hydrogen-bond acceptors (Lipinski definition) is 2. The zero-order chi connectivity index (χ0) is 23.9. The number of furan rings is 1. The molecule has 0 aliphatic rings. The Bertz CT molecular complexity index is 1780. The predicted molar refractivity (Wildman–Crippen MR) is 151 cm³/mol. The van der Waals surface area contributed by atoms with Gasteiger partial charge in [0.15, 0.2) is 5.58 Å². The van der Waals surface area contributed by atoms with Gasteiger partial charge in [0, 0.05) is 22.1 Å². The fourth-order valence-corrected chi connectivity index (χ4v) is 5.17. The number of anilines is 3. The average molecular weight is 462 g/mol. The summed E-state index contributed by atoms with van der Waals surface area (Å²) in [4.78, 5) is 2.28. The second kappa shape index (κ2) is 8.44. The van der Waals surface area contributed by atoms with E-state index in [0.29, 0.717) is 0 Å². The first-order valence-corrected chi connectivity index (χ1v) is 12.2. The van der Waals surface area contributed by atoms with Crippen molar-refractivity contribution in [2.45, 2.75) is 0 Å². The summed E-state index contributed by atoms with van der Waals surface area (Å²) in [6.07, 6.45) is 0. The van der Waals surface area contributed by atoms with Crippen LogP contribution in [0.2, 0.25) is 0 Å². The number of para-hydroxylation sites is 2. The largest absolute Gasteiger partial charge is 0.454 e. The maximum Gasteiger partial charge on any atom is 0.160 e. The first-order chi connectivity index (χ1) is 17.9. The van der Waals surface area contributed by atoms with Gasteiger partial charge in [0.1, 0.15) is 5.58 Å². The minimum atomic E-state index is 0.884. The van der Waals surface area contributed by atoms with E-state index in [4.69, 9.17) is 4.42 Å². The predicted octanol–water partition coefficient (Wildman–Crippen LogP) is 9.88. The molecule has 0 bridgehead atoms. The van der Waals surface area contributed by atoms with Crippen LogP contribution >= 0.6 is 0 Å². The van der Waals surface area contributed by atoms with Crippen molar-refractivity contribution < 1.29 is 4.42 Å². The van der Waals surface area contributed by atoms with Gasteiger partial charge in [-0.3, -0.25) is 0 Å². The van der Waals surface area contributed by atoms with Gasteiger partial charge in [-0.2, -0.15) is 0 Å². The normalized spacial score (nSPS) is 11.3. The van der Waals surface area contributed by atoms with Crippen LogP contribution < -0.4 is 4.90 Å². The molecule has 0 aliphatic heterocycles. The maximum absolute atomic E-state index is 6.74. The topological polar surface area (TPSA) is 16.4 Å². The summed E-state index contributed by atoms with van der Waals surface area (Å²) in [6, 6.07) is 48.9. The summed E-state index contributed by atoms with van der Waals surface area (Å²) in [6.45, 7) is 0. The van der Waals surface area contributed by atoms with E-state index in [2.05, 4.69) is 132 Å². The van der Waals surface area contributed by atoms with Crippen molar-refractivity contribution in [3.63, 3.8) is 0 Å². The molecule has 1 heterocycles. The zero-order valence-corrected chi connectivity index (χ0v) is 19.6. The molecule has 0 fully saturated rings. The molecule has 0 N–H and O–H groups in total. The molecular formula is C34H23NO. The standard InChI is InChI=1S/C34H23NO/c1-4-12-24(13-5-1)29-20-21-31(35(27-16-6-2-7-17-27)28-18-8-3-9-19-28)34-33(29)30-22-25-14-10-11-15-26(25)23-32(30)36-34/h1-23H. The van der Waals surface area contributed by atoms with Crippen LogP contribution in [0.15, 0.2) is 144 Å². The summed E-state index contributed by atoms with van der Waals surface area (Å²) < 4.78 is 6.74. The summed E-state index contributed by atoms with van der Waals surface area (Å²) >= 11 is 0. The lowest BCUT2D eigenvalue weighted by molar-refractivity contribution is 0.669. The summed E-state index contributed by atoms with van der Waals surface area (Å²) in [5, 5.41) is 4.65. The highest BCUT2D eigenvalue weighted by atomic mass is 16.3. The Hall–Kier alpha value is -4.82. The minimum absolute atomic E-state index is 0.884. The molecule has 0 saturated heterocycles. The molecule has 0 atom stereocenters. The number of hydrogen-bond donors (Lipinski definition) is 0. The van der Waals surface area contributed by atoms with E-state index in [0.717, 1.165) is 39.0 Å². The van der Waals surface area contributed by atoms with Crippen LogP contribution in [0.1, 0.15) is 0 Å². The first kappa shape index (κ1) is 20.5. The van der Waals surface area contributed by atoms with Gasteiger partial charge in [0.05, 0.1) is 5.69 Å². The molecule has 0 saturated carbocycles. The van der Waals surface area contributed by atoms with Gasteiger partial charge in [-0.1, -0.05) is 97.1 Å². The molecule has 2 heteroatoms. The smallest absolute Gasteiger partial charge is 0.160 e. The molecule has 7 rings (SSSR count). The van der Waals surface area contributed by atoms with Crippen LogP contribution in [0.3, 0.4) is 0 Å². The molecule has 0 unspecified atom stereocenters. The molecule has 0 aliphatic carbocycles. The molecular weight excluding hydrogens is 438 g/mol. The Morgan fingerprint density at radius 3 is 1.69 bits per heavy atom. The Labute approximate surface area is 209 Å². The summed E-state index contributed by atoms with van der Waals surface area (Å²) in [5.74, 6) is 0. The second-order valence-corrected chi connectivity index (χ2v) is 9.01. The van der Waals surface area contributed by atoms with Crippen LogP contribution in [-0.2, 0) is 0 Å². The van der Waals surface area contributed by atoms with Crippen LogP contribution in [0, 0.1) is 0 Å². The highest BCUT2D eigenvalue weighted by molar-refractivity contribution is 6.19. The molecule has 0 spiro atoms. The molecule has 0 radical (unpaired) electrons. The van der Waals surface area contributed by atoms with Crippen molar-refractivity contribution in [3.8, 4) is 11.1 Å². The number of benzene rings is 6. The Morgan fingerprint density at radius 2 is 1.06 bits per heavy atom. The van der Waals surface area contributed by atoms with Gasteiger partial charge in [-0.05, 0) is 64.4 Å². The quantitative estimate of drug-likeness (QED) is 0.259. The first-order valence-electron chi connectivity index (χ1n) is 12.2. The average Bonchev–Trinajstić information content (AvgIpc) is 3.32. The highest BCUT2D eigenvalue weighted by Crippen LogP contribution is 2.46. The van der Waals surface area contributed by atoms with Gasteiger partial charge >= 0.3 is 0 Å². The zero-order valence-electron chi connectivity index (χ0n) is 19.6. The third-order valence-electron chi connectivity index (χ3n) is 6.82. The van der Waals surface area contributed by atoms with Gasteiger partial charge in [0.2, 0.25) is 0 Å². The van der Waals surface area contributed by atoms with E-state index in [-0.39, 0.29) is 0 Å². The number of rotatable bonds is 4. The van der Waals surface area contributed by atoms with Gasteiger partial charge in [-0.25, -0.2) is 0 Å². The van der Waals surface area contributed by atoms with E-state index >= 15 is 0 Å². The van der Waals surface area contributed by atoms with E-state index in [1.807, 2.05) is 12.1 Å². The monoisotopic (exact) mass is 461 g/mol. The van der Waals surface area contributed by atoms with Crippen LogP contribution in [-0.4, -0.2) is 0 Å². The lowest BCUT2D eigenvalue weighted by atomic mass is 9.97. The van der Waals surface area contributed by atoms with Gasteiger partial charge in [0.25, 0.3) is 0 Å². The van der Waals surface area contributed by atoms with E-state index in [1.54, 1.807) is 0 Å². The van der Waals surface area contributed by atoms with Crippen molar-refractivity contribution in [2.75, 3.05) is 4.90 Å². The minimum Gasteiger partial charge on any atom is -0.454 e. The molecule has 0 amide bonds. The Morgan fingerprint density at radius 1 is 0.500 bits per heavy atom. The second-order valence-electron chi connectivity index (χ2n) is 9.01. The fraction of sp³-hybridized carbons (Fsp3) is 0. The summed E-state index contributed by atoms with van der Waals surface area (Å²) in [5.41, 5.74) is 7.32. The highest BCUT2D eigenvalue weighted by Gasteiger charge is 2.22. The lowest BCUT2D eigenvalue weighted by Crippen LogP contribution is -2.10. The molecule has 1 aromatic heterocycles. The Kier molecular flexibility index (Phi) is 4.82. The number of fused-ring (bicyclic) bond motifs is 4. The van der Waals surface area contributed by atoms with Crippen molar-refractivity contribution >= 4 is 49.8 Å². The van der Waals surface area contributed by atoms with Crippen LogP contribution in [0.5, 0.6) is 0 Å². The van der Waals surface area contributed by atoms with Gasteiger partial charge < -0.3 is 9.32 Å². The van der Waals surface area contributed by atoms with Crippen LogP contribution in [0.25, 0.3) is 43.8 Å². The van der Waals surface area contributed by atoms with Crippen molar-refractivity contribution in [3.05, 3.63) is 140 Å². The summed E-state index contributed by atoms with van der Waals surface area (Å²) in [7, 11) is 0. The molecule has 170 valence electrons. The van der Waals surface area contributed by atoms with E-state index < -0.39 is 0 Å². The molecule has 7 aromatic rings. The fourth-order valence-electron chi connectivity index (χ4n) is 5.17. The lowest BCUT2D eigenvalue weighted by Gasteiger charge is -2.25. The molecule has 6 aromatic carbocycles. The van der Waals surface area contributed by atoms with Crippen molar-refractivity contribution in [1.29, 1.82) is 0 Å². The van der Waals surface area contributed by atoms with Crippen molar-refractivity contribution in [1.82, 2.24) is 0 Å². The van der Waals surface area contributed by atoms with Crippen LogP contribution in [0.4, 0.5) is 17.1 Å². The third-order valence-corrected chi connectivity index (χ3v) is 6.82. The molecule has 36 heavy (non-hydrogen) atoms. The maximum atomic E-state index is 6.74. The van der Waals surface area contributed by atoms with E-state index in [9.17, 15) is 0 Å². The molecule has 2 nitrogen and oxygen atoms in total.